The second-order valence-electron chi connectivity index (χ2n) is 6.36. The van der Waals surface area contributed by atoms with Gasteiger partial charge >= 0.3 is 0 Å². The SMILES string of the molecule is c1ccc(-c2cn(C3CCN(C4CCNC4)CC3)nn2)cc1. The van der Waals surface area contributed by atoms with Gasteiger partial charge in [-0.15, -0.1) is 5.10 Å². The Morgan fingerprint density at radius 1 is 1.00 bits per heavy atom. The van der Waals surface area contributed by atoms with E-state index in [-0.39, 0.29) is 0 Å². The zero-order valence-corrected chi connectivity index (χ0v) is 12.9. The fraction of sp³-hybridized carbons (Fsp3) is 0.529. The first-order valence-corrected chi connectivity index (χ1v) is 8.32. The second kappa shape index (κ2) is 6.18. The molecule has 0 amide bonds. The molecule has 0 spiro atoms. The summed E-state index contributed by atoms with van der Waals surface area (Å²) in [5, 5.41) is 12.2. The molecule has 1 aromatic heterocycles. The highest BCUT2D eigenvalue weighted by molar-refractivity contribution is 5.57. The van der Waals surface area contributed by atoms with Crippen molar-refractivity contribution < 1.29 is 0 Å². The van der Waals surface area contributed by atoms with Crippen molar-refractivity contribution in [2.45, 2.75) is 31.3 Å². The van der Waals surface area contributed by atoms with Crippen molar-refractivity contribution >= 4 is 0 Å². The van der Waals surface area contributed by atoms with E-state index in [9.17, 15) is 0 Å². The van der Waals surface area contributed by atoms with Crippen molar-refractivity contribution in [3.63, 3.8) is 0 Å². The largest absolute Gasteiger partial charge is 0.315 e. The van der Waals surface area contributed by atoms with Crippen LogP contribution in [0, 0.1) is 0 Å². The number of benzene rings is 1. The minimum atomic E-state index is 0.496. The molecule has 4 rings (SSSR count). The summed E-state index contributed by atoms with van der Waals surface area (Å²) in [6.07, 6.45) is 5.75. The van der Waals surface area contributed by atoms with Crippen molar-refractivity contribution in [3.05, 3.63) is 36.5 Å². The summed E-state index contributed by atoms with van der Waals surface area (Å²) in [6.45, 7) is 4.69. The van der Waals surface area contributed by atoms with Crippen LogP contribution >= 0.6 is 0 Å². The predicted octanol–water partition coefficient (Wildman–Crippen LogP) is 1.94. The Balaban J connectivity index is 1.40. The van der Waals surface area contributed by atoms with E-state index in [4.69, 9.17) is 0 Å². The number of hydrogen-bond acceptors (Lipinski definition) is 4. The summed E-state index contributed by atoms with van der Waals surface area (Å²) in [7, 11) is 0. The van der Waals surface area contributed by atoms with Crippen molar-refractivity contribution in [3.8, 4) is 11.3 Å². The summed E-state index contributed by atoms with van der Waals surface area (Å²) in [5.41, 5.74) is 2.12. The zero-order valence-electron chi connectivity index (χ0n) is 12.9. The van der Waals surface area contributed by atoms with Crippen LogP contribution in [-0.2, 0) is 0 Å². The standard InChI is InChI=1S/C17H23N5/c1-2-4-14(5-3-1)17-13-22(20-19-17)15-7-10-21(11-8-15)16-6-9-18-12-16/h1-5,13,15-16,18H,6-12H2. The fourth-order valence-electron chi connectivity index (χ4n) is 3.66. The molecule has 0 bridgehead atoms. The summed E-state index contributed by atoms with van der Waals surface area (Å²) >= 11 is 0. The maximum atomic E-state index is 4.37. The molecule has 2 aliphatic heterocycles. The Kier molecular flexibility index (Phi) is 3.91. The van der Waals surface area contributed by atoms with Crippen LogP contribution in [0.1, 0.15) is 25.3 Å². The average molecular weight is 297 g/mol. The van der Waals surface area contributed by atoms with Crippen LogP contribution in [0.2, 0.25) is 0 Å². The monoisotopic (exact) mass is 297 g/mol. The molecule has 116 valence electrons. The number of rotatable bonds is 3. The van der Waals surface area contributed by atoms with Gasteiger partial charge in [0.25, 0.3) is 0 Å². The third-order valence-electron chi connectivity index (χ3n) is 5.00. The van der Waals surface area contributed by atoms with E-state index < -0.39 is 0 Å². The molecule has 2 aliphatic rings. The lowest BCUT2D eigenvalue weighted by molar-refractivity contribution is 0.138. The normalized spacial score (nSPS) is 23.9. The molecule has 2 fully saturated rings. The highest BCUT2D eigenvalue weighted by Gasteiger charge is 2.28. The predicted molar refractivity (Wildman–Crippen MR) is 86.6 cm³/mol. The van der Waals surface area contributed by atoms with Crippen LogP contribution < -0.4 is 5.32 Å². The molecule has 1 aromatic carbocycles. The lowest BCUT2D eigenvalue weighted by Gasteiger charge is -2.35. The van der Waals surface area contributed by atoms with Crippen molar-refractivity contribution in [2.75, 3.05) is 26.2 Å². The number of nitrogens with one attached hydrogen (secondary N) is 1. The van der Waals surface area contributed by atoms with Crippen LogP contribution in [0.15, 0.2) is 36.5 Å². The molecule has 0 radical (unpaired) electrons. The quantitative estimate of drug-likeness (QED) is 0.940. The summed E-state index contributed by atoms with van der Waals surface area (Å²) in [5.74, 6) is 0. The first-order chi connectivity index (χ1) is 10.9. The van der Waals surface area contributed by atoms with Gasteiger partial charge in [0.2, 0.25) is 0 Å². The molecule has 3 heterocycles. The number of hydrogen-bond donors (Lipinski definition) is 1. The van der Waals surface area contributed by atoms with Crippen molar-refractivity contribution in [2.24, 2.45) is 0 Å². The van der Waals surface area contributed by atoms with E-state index >= 15 is 0 Å². The molecule has 2 saturated heterocycles. The van der Waals surface area contributed by atoms with E-state index in [1.807, 2.05) is 18.2 Å². The molecule has 1 N–H and O–H groups in total. The van der Waals surface area contributed by atoms with E-state index in [0.717, 1.165) is 23.8 Å². The molecule has 0 saturated carbocycles. The van der Waals surface area contributed by atoms with Gasteiger partial charge in [-0.3, -0.25) is 4.90 Å². The molecular formula is C17H23N5. The molecule has 1 unspecified atom stereocenters. The molecule has 0 aliphatic carbocycles. The lowest BCUT2D eigenvalue weighted by Crippen LogP contribution is -2.42. The van der Waals surface area contributed by atoms with E-state index in [1.54, 1.807) is 0 Å². The Morgan fingerprint density at radius 2 is 1.82 bits per heavy atom. The van der Waals surface area contributed by atoms with Crippen LogP contribution in [0.4, 0.5) is 0 Å². The molecular weight excluding hydrogens is 274 g/mol. The first-order valence-electron chi connectivity index (χ1n) is 8.32. The van der Waals surface area contributed by atoms with Gasteiger partial charge in [0.1, 0.15) is 5.69 Å². The van der Waals surface area contributed by atoms with Gasteiger partial charge < -0.3 is 5.32 Å². The molecule has 22 heavy (non-hydrogen) atoms. The summed E-state index contributed by atoms with van der Waals surface area (Å²) in [4.78, 5) is 2.64. The van der Waals surface area contributed by atoms with Crippen LogP contribution in [0.5, 0.6) is 0 Å². The number of aromatic nitrogens is 3. The summed E-state index contributed by atoms with van der Waals surface area (Å²) in [6, 6.07) is 11.5. The van der Waals surface area contributed by atoms with Gasteiger partial charge in [0, 0.05) is 31.2 Å². The number of piperidine rings is 1. The van der Waals surface area contributed by atoms with Gasteiger partial charge in [-0.2, -0.15) is 0 Å². The number of nitrogens with zero attached hydrogens (tertiary/aromatic N) is 4. The third kappa shape index (κ3) is 2.78. The molecule has 2 aromatic rings. The van der Waals surface area contributed by atoms with Crippen LogP contribution in [0.3, 0.4) is 0 Å². The number of likely N-dealkylation sites (tertiary alicyclic amines) is 1. The third-order valence-corrected chi connectivity index (χ3v) is 5.00. The van der Waals surface area contributed by atoms with Gasteiger partial charge in [-0.1, -0.05) is 35.5 Å². The smallest absolute Gasteiger partial charge is 0.113 e. The summed E-state index contributed by atoms with van der Waals surface area (Å²) < 4.78 is 2.08. The second-order valence-corrected chi connectivity index (χ2v) is 6.36. The molecule has 5 heteroatoms. The Labute approximate surface area is 131 Å². The maximum absolute atomic E-state index is 4.37. The Bertz CT molecular complexity index is 595. The average Bonchev–Trinajstić information content (AvgIpc) is 3.28. The van der Waals surface area contributed by atoms with Gasteiger partial charge in [-0.25, -0.2) is 4.68 Å². The minimum absolute atomic E-state index is 0.496. The van der Waals surface area contributed by atoms with Gasteiger partial charge in [0.05, 0.1) is 12.2 Å². The van der Waals surface area contributed by atoms with Crippen molar-refractivity contribution in [1.29, 1.82) is 0 Å². The fourth-order valence-corrected chi connectivity index (χ4v) is 3.66. The Hall–Kier alpha value is -1.72. The van der Waals surface area contributed by atoms with Gasteiger partial charge in [0.15, 0.2) is 0 Å². The zero-order chi connectivity index (χ0) is 14.8. The van der Waals surface area contributed by atoms with E-state index in [0.29, 0.717) is 6.04 Å². The molecule has 5 nitrogen and oxygen atoms in total. The maximum Gasteiger partial charge on any atom is 0.113 e. The van der Waals surface area contributed by atoms with Crippen LogP contribution in [0.25, 0.3) is 11.3 Å². The highest BCUT2D eigenvalue weighted by atomic mass is 15.4. The highest BCUT2D eigenvalue weighted by Crippen LogP contribution is 2.26. The molecule has 1 atom stereocenters. The Morgan fingerprint density at radius 3 is 2.55 bits per heavy atom. The van der Waals surface area contributed by atoms with Crippen LogP contribution in [-0.4, -0.2) is 52.1 Å². The van der Waals surface area contributed by atoms with E-state index in [1.165, 1.54) is 38.9 Å². The first kappa shape index (κ1) is 13.9. The van der Waals surface area contributed by atoms with Crippen molar-refractivity contribution in [1.82, 2.24) is 25.2 Å². The lowest BCUT2D eigenvalue weighted by atomic mass is 10.0. The topological polar surface area (TPSA) is 46.0 Å². The van der Waals surface area contributed by atoms with Gasteiger partial charge in [-0.05, 0) is 25.8 Å². The van der Waals surface area contributed by atoms with E-state index in [2.05, 4.69) is 43.5 Å². The minimum Gasteiger partial charge on any atom is -0.315 e.